The number of anilines is 2. The van der Waals surface area contributed by atoms with Gasteiger partial charge in [0.15, 0.2) is 0 Å². The zero-order valence-electron chi connectivity index (χ0n) is 15.4. The molecule has 25 heavy (non-hydrogen) atoms. The summed E-state index contributed by atoms with van der Waals surface area (Å²) in [5, 5.41) is 5.39. The van der Waals surface area contributed by atoms with Crippen LogP contribution in [-0.2, 0) is 14.4 Å². The Kier molecular flexibility index (Phi) is 7.57. The number of likely N-dealkylation sites (N-methyl/N-ethyl adjacent to an activating group) is 1. The monoisotopic (exact) mass is 348 g/mol. The van der Waals surface area contributed by atoms with Gasteiger partial charge in [-0.3, -0.25) is 14.4 Å². The second-order valence-corrected chi connectivity index (χ2v) is 6.29. The molecule has 138 valence electrons. The molecule has 1 unspecified atom stereocenters. The van der Waals surface area contributed by atoms with Crippen molar-refractivity contribution < 1.29 is 14.4 Å². The topological polar surface area (TPSA) is 105 Å². The second kappa shape index (κ2) is 9.17. The Hall–Kier alpha value is -2.41. The Balaban J connectivity index is 2.67. The summed E-state index contributed by atoms with van der Waals surface area (Å²) >= 11 is 0. The fourth-order valence-electron chi connectivity index (χ4n) is 2.53. The average Bonchev–Trinajstić information content (AvgIpc) is 2.53. The zero-order chi connectivity index (χ0) is 19.0. The van der Waals surface area contributed by atoms with Crippen LogP contribution in [0.3, 0.4) is 0 Å². The van der Waals surface area contributed by atoms with Crippen molar-refractivity contribution in [3.05, 3.63) is 24.3 Å². The number of nitrogens with zero attached hydrogens (tertiary/aromatic N) is 1. The van der Waals surface area contributed by atoms with E-state index in [1.807, 2.05) is 13.8 Å². The molecule has 0 aliphatic carbocycles. The summed E-state index contributed by atoms with van der Waals surface area (Å²) in [5.41, 5.74) is 6.34. The van der Waals surface area contributed by atoms with Gasteiger partial charge in [-0.2, -0.15) is 0 Å². The van der Waals surface area contributed by atoms with E-state index in [1.165, 1.54) is 11.8 Å². The third-order valence-electron chi connectivity index (χ3n) is 3.75. The normalized spacial score (nSPS) is 12.8. The van der Waals surface area contributed by atoms with Crippen molar-refractivity contribution in [2.24, 2.45) is 5.73 Å². The van der Waals surface area contributed by atoms with E-state index < -0.39 is 5.54 Å². The molecule has 0 spiro atoms. The van der Waals surface area contributed by atoms with E-state index in [4.69, 9.17) is 5.73 Å². The number of nitrogens with two attached hydrogens (primary N) is 1. The van der Waals surface area contributed by atoms with Crippen LogP contribution < -0.4 is 16.4 Å². The van der Waals surface area contributed by atoms with E-state index in [0.717, 1.165) is 6.42 Å². The van der Waals surface area contributed by atoms with E-state index in [0.29, 0.717) is 24.3 Å². The van der Waals surface area contributed by atoms with Crippen LogP contribution in [0.5, 0.6) is 0 Å². The maximum atomic E-state index is 12.5. The largest absolute Gasteiger partial charge is 0.332 e. The molecule has 0 fully saturated rings. The van der Waals surface area contributed by atoms with Crippen LogP contribution in [0, 0.1) is 0 Å². The highest BCUT2D eigenvalue weighted by Crippen LogP contribution is 2.15. The number of carbonyl (C=O) groups excluding carboxylic acids is 3. The van der Waals surface area contributed by atoms with Crippen LogP contribution in [0.15, 0.2) is 24.3 Å². The highest BCUT2D eigenvalue weighted by Gasteiger charge is 2.31. The SMILES string of the molecule is CCCC(C)(N)C(=O)N(CC)CC(=O)Nc1ccc(NC(C)=O)cc1. The van der Waals surface area contributed by atoms with Gasteiger partial charge in [-0.15, -0.1) is 0 Å². The number of hydrogen-bond acceptors (Lipinski definition) is 4. The molecule has 1 rings (SSSR count). The third-order valence-corrected chi connectivity index (χ3v) is 3.75. The van der Waals surface area contributed by atoms with Gasteiger partial charge in [-0.05, 0) is 44.5 Å². The van der Waals surface area contributed by atoms with Crippen LogP contribution in [0.25, 0.3) is 0 Å². The van der Waals surface area contributed by atoms with Crippen LogP contribution in [0.1, 0.15) is 40.5 Å². The van der Waals surface area contributed by atoms with Gasteiger partial charge in [0.2, 0.25) is 17.7 Å². The minimum atomic E-state index is -0.967. The van der Waals surface area contributed by atoms with Crippen LogP contribution in [0.4, 0.5) is 11.4 Å². The summed E-state index contributed by atoms with van der Waals surface area (Å²) in [6, 6.07) is 6.76. The molecule has 0 aromatic heterocycles. The number of hydrogen-bond donors (Lipinski definition) is 3. The van der Waals surface area contributed by atoms with Gasteiger partial charge in [0.25, 0.3) is 0 Å². The van der Waals surface area contributed by atoms with Crippen LogP contribution in [0.2, 0.25) is 0 Å². The number of carbonyl (C=O) groups is 3. The predicted molar refractivity (Wildman–Crippen MR) is 99.1 cm³/mol. The first-order chi connectivity index (χ1) is 11.7. The predicted octanol–water partition coefficient (Wildman–Crippen LogP) is 1.95. The molecule has 0 saturated heterocycles. The summed E-state index contributed by atoms with van der Waals surface area (Å²) < 4.78 is 0. The second-order valence-electron chi connectivity index (χ2n) is 6.29. The molecule has 7 nitrogen and oxygen atoms in total. The van der Waals surface area contributed by atoms with Gasteiger partial charge in [0.1, 0.15) is 0 Å². The quantitative estimate of drug-likeness (QED) is 0.668. The average molecular weight is 348 g/mol. The molecule has 0 aliphatic heterocycles. The molecule has 4 N–H and O–H groups in total. The summed E-state index contributed by atoms with van der Waals surface area (Å²) in [5.74, 6) is -0.686. The van der Waals surface area contributed by atoms with E-state index in [9.17, 15) is 14.4 Å². The lowest BCUT2D eigenvalue weighted by molar-refractivity contribution is -0.139. The first-order valence-corrected chi connectivity index (χ1v) is 8.45. The van der Waals surface area contributed by atoms with Crippen LogP contribution in [-0.4, -0.2) is 41.2 Å². The molecule has 1 atom stereocenters. The molecule has 7 heteroatoms. The lowest BCUT2D eigenvalue weighted by atomic mass is 9.95. The lowest BCUT2D eigenvalue weighted by Gasteiger charge is -2.30. The molecule has 1 aromatic rings. The Morgan fingerprint density at radius 1 is 1.08 bits per heavy atom. The fourth-order valence-corrected chi connectivity index (χ4v) is 2.53. The van der Waals surface area contributed by atoms with Gasteiger partial charge in [-0.25, -0.2) is 0 Å². The van der Waals surface area contributed by atoms with Gasteiger partial charge in [-0.1, -0.05) is 13.3 Å². The summed E-state index contributed by atoms with van der Waals surface area (Å²) in [7, 11) is 0. The Morgan fingerprint density at radius 2 is 1.60 bits per heavy atom. The van der Waals surface area contributed by atoms with Gasteiger partial charge in [0, 0.05) is 24.8 Å². The Morgan fingerprint density at radius 3 is 2.04 bits per heavy atom. The molecule has 0 aliphatic rings. The Bertz CT molecular complexity index is 611. The first kappa shape index (κ1) is 20.6. The van der Waals surface area contributed by atoms with Gasteiger partial charge in [0.05, 0.1) is 12.1 Å². The number of nitrogens with one attached hydrogen (secondary N) is 2. The first-order valence-electron chi connectivity index (χ1n) is 8.45. The fraction of sp³-hybridized carbons (Fsp3) is 0.500. The highest BCUT2D eigenvalue weighted by molar-refractivity contribution is 5.96. The molecule has 0 bridgehead atoms. The van der Waals surface area contributed by atoms with Crippen molar-refractivity contribution in [3.8, 4) is 0 Å². The van der Waals surface area contributed by atoms with Crippen molar-refractivity contribution in [2.45, 2.75) is 46.1 Å². The maximum Gasteiger partial charge on any atom is 0.243 e. The van der Waals surface area contributed by atoms with E-state index >= 15 is 0 Å². The van der Waals surface area contributed by atoms with E-state index in [1.54, 1.807) is 31.2 Å². The molecule has 0 saturated carbocycles. The smallest absolute Gasteiger partial charge is 0.243 e. The van der Waals surface area contributed by atoms with Crippen molar-refractivity contribution in [3.63, 3.8) is 0 Å². The molecular weight excluding hydrogens is 320 g/mol. The number of amides is 3. The van der Waals surface area contributed by atoms with Crippen molar-refractivity contribution in [1.82, 2.24) is 4.90 Å². The standard InChI is InChI=1S/C18H28N4O3/c1-5-11-18(4,19)17(25)22(6-2)12-16(24)21-15-9-7-14(8-10-15)20-13(3)23/h7-10H,5-6,11-12,19H2,1-4H3,(H,20,23)(H,21,24). The maximum absolute atomic E-state index is 12.5. The molecular formula is C18H28N4O3. The molecule has 0 radical (unpaired) electrons. The summed E-state index contributed by atoms with van der Waals surface area (Å²) in [6.45, 7) is 7.25. The molecule has 1 aromatic carbocycles. The van der Waals surface area contributed by atoms with E-state index in [2.05, 4.69) is 10.6 Å². The minimum Gasteiger partial charge on any atom is -0.332 e. The third kappa shape index (κ3) is 6.54. The highest BCUT2D eigenvalue weighted by atomic mass is 16.2. The van der Waals surface area contributed by atoms with Gasteiger partial charge < -0.3 is 21.3 Å². The number of benzene rings is 1. The zero-order valence-corrected chi connectivity index (χ0v) is 15.4. The lowest BCUT2D eigenvalue weighted by Crippen LogP contribution is -2.54. The van der Waals surface area contributed by atoms with Crippen LogP contribution >= 0.6 is 0 Å². The van der Waals surface area contributed by atoms with Gasteiger partial charge >= 0.3 is 0 Å². The van der Waals surface area contributed by atoms with E-state index in [-0.39, 0.29) is 24.3 Å². The van der Waals surface area contributed by atoms with Crippen molar-refractivity contribution in [1.29, 1.82) is 0 Å². The number of rotatable bonds is 8. The summed E-state index contributed by atoms with van der Waals surface area (Å²) in [4.78, 5) is 37.2. The minimum absolute atomic E-state index is 0.0563. The molecule has 3 amide bonds. The van der Waals surface area contributed by atoms with Crippen molar-refractivity contribution >= 4 is 29.1 Å². The summed E-state index contributed by atoms with van der Waals surface area (Å²) in [6.07, 6.45) is 1.36. The Labute approximate surface area is 148 Å². The molecule has 0 heterocycles. The van der Waals surface area contributed by atoms with Crippen molar-refractivity contribution in [2.75, 3.05) is 23.7 Å².